The average molecular weight is 351 g/mol. The zero-order valence-corrected chi connectivity index (χ0v) is 15.2. The van der Waals surface area contributed by atoms with Gasteiger partial charge >= 0.3 is 0 Å². The molecule has 0 radical (unpaired) electrons. The monoisotopic (exact) mass is 351 g/mol. The Morgan fingerprint density at radius 1 is 0.800 bits per heavy atom. The third-order valence-electron chi connectivity index (χ3n) is 4.13. The summed E-state index contributed by atoms with van der Waals surface area (Å²) in [7, 11) is -3.59. The van der Waals surface area contributed by atoms with Crippen molar-refractivity contribution in [3.63, 3.8) is 0 Å². The van der Waals surface area contributed by atoms with E-state index in [-0.39, 0.29) is 0 Å². The number of hydrogen-bond acceptors (Lipinski definition) is 2. The van der Waals surface area contributed by atoms with E-state index in [1.807, 2.05) is 80.6 Å². The Balaban J connectivity index is 1.96. The normalized spacial score (nSPS) is 11.3. The Labute approximate surface area is 149 Å². The largest absolute Gasteiger partial charge is 0.267 e. The van der Waals surface area contributed by atoms with Crippen molar-refractivity contribution in [3.05, 3.63) is 84.4 Å². The van der Waals surface area contributed by atoms with Crippen LogP contribution in [0.1, 0.15) is 12.5 Å². The van der Waals surface area contributed by atoms with Crippen LogP contribution in [0.2, 0.25) is 0 Å². The van der Waals surface area contributed by atoms with Gasteiger partial charge in [-0.25, -0.2) is 8.42 Å². The highest BCUT2D eigenvalue weighted by atomic mass is 32.2. The summed E-state index contributed by atoms with van der Waals surface area (Å²) in [4.78, 5) is 0.301. The minimum atomic E-state index is -3.59. The molecule has 0 saturated carbocycles. The molecule has 0 aromatic heterocycles. The van der Waals surface area contributed by atoms with Crippen LogP contribution in [0.4, 0.5) is 5.69 Å². The van der Waals surface area contributed by atoms with Crippen molar-refractivity contribution in [2.24, 2.45) is 0 Å². The maximum Gasteiger partial charge on any atom is 0.264 e. The number of benzene rings is 3. The van der Waals surface area contributed by atoms with Crippen molar-refractivity contribution < 1.29 is 8.42 Å². The summed E-state index contributed by atoms with van der Waals surface area (Å²) in [6.07, 6.45) is 0. The van der Waals surface area contributed by atoms with Crippen LogP contribution in [0.25, 0.3) is 11.1 Å². The zero-order chi connectivity index (χ0) is 17.9. The molecule has 0 fully saturated rings. The number of rotatable bonds is 5. The van der Waals surface area contributed by atoms with Crippen LogP contribution >= 0.6 is 0 Å². The molecule has 3 nitrogen and oxygen atoms in total. The molecule has 3 rings (SSSR count). The van der Waals surface area contributed by atoms with Crippen LogP contribution in [0, 0.1) is 6.92 Å². The summed E-state index contributed by atoms with van der Waals surface area (Å²) >= 11 is 0. The fourth-order valence-corrected chi connectivity index (χ4v) is 4.32. The Morgan fingerprint density at radius 2 is 1.44 bits per heavy atom. The molecule has 25 heavy (non-hydrogen) atoms. The van der Waals surface area contributed by atoms with Crippen molar-refractivity contribution in [3.8, 4) is 11.1 Å². The molecule has 4 heteroatoms. The molecule has 3 aromatic rings. The van der Waals surface area contributed by atoms with Crippen LogP contribution in [-0.4, -0.2) is 15.0 Å². The van der Waals surface area contributed by atoms with Crippen LogP contribution in [0.5, 0.6) is 0 Å². The molecular weight excluding hydrogens is 330 g/mol. The first-order valence-corrected chi connectivity index (χ1v) is 9.71. The summed E-state index contributed by atoms with van der Waals surface area (Å²) < 4.78 is 27.5. The van der Waals surface area contributed by atoms with E-state index in [1.165, 1.54) is 4.31 Å². The highest BCUT2D eigenvalue weighted by Crippen LogP contribution is 2.26. The minimum Gasteiger partial charge on any atom is -0.267 e. The van der Waals surface area contributed by atoms with Crippen LogP contribution < -0.4 is 4.31 Å². The highest BCUT2D eigenvalue weighted by Gasteiger charge is 2.23. The Hall–Kier alpha value is -2.59. The van der Waals surface area contributed by atoms with Crippen molar-refractivity contribution >= 4 is 15.7 Å². The number of nitrogens with zero attached hydrogens (tertiary/aromatic N) is 1. The van der Waals surface area contributed by atoms with Gasteiger partial charge in [0.15, 0.2) is 0 Å². The van der Waals surface area contributed by atoms with Gasteiger partial charge in [0.25, 0.3) is 10.0 Å². The summed E-state index contributed by atoms with van der Waals surface area (Å²) in [6, 6.07) is 24.5. The van der Waals surface area contributed by atoms with Gasteiger partial charge in [0.2, 0.25) is 0 Å². The van der Waals surface area contributed by atoms with Gasteiger partial charge in [-0.2, -0.15) is 0 Å². The SMILES string of the molecule is CCN(c1cccc(C)c1)S(=O)(=O)c1ccc(-c2ccccc2)cc1. The maximum atomic E-state index is 13.0. The fraction of sp³-hybridized carbons (Fsp3) is 0.143. The van der Waals surface area contributed by atoms with Gasteiger partial charge in [-0.15, -0.1) is 0 Å². The molecule has 0 aliphatic carbocycles. The average Bonchev–Trinajstić information content (AvgIpc) is 2.63. The number of anilines is 1. The molecule has 0 bridgehead atoms. The highest BCUT2D eigenvalue weighted by molar-refractivity contribution is 7.92. The maximum absolute atomic E-state index is 13.0. The molecule has 0 aliphatic rings. The third kappa shape index (κ3) is 3.59. The van der Waals surface area contributed by atoms with Crippen LogP contribution in [0.15, 0.2) is 83.8 Å². The van der Waals surface area contributed by atoms with E-state index in [9.17, 15) is 8.42 Å². The lowest BCUT2D eigenvalue weighted by molar-refractivity contribution is 0.592. The Morgan fingerprint density at radius 3 is 2.04 bits per heavy atom. The molecule has 0 aliphatic heterocycles. The first kappa shape index (κ1) is 17.2. The Bertz CT molecular complexity index is 949. The van der Waals surface area contributed by atoms with Gasteiger partial charge in [0.1, 0.15) is 0 Å². The van der Waals surface area contributed by atoms with Crippen molar-refractivity contribution in [2.45, 2.75) is 18.7 Å². The van der Waals surface area contributed by atoms with E-state index in [4.69, 9.17) is 0 Å². The van der Waals surface area contributed by atoms with E-state index >= 15 is 0 Å². The summed E-state index contributed by atoms with van der Waals surface area (Å²) in [5, 5.41) is 0. The molecule has 0 unspecified atom stereocenters. The van der Waals surface area contributed by atoms with Gasteiger partial charge in [0, 0.05) is 6.54 Å². The first-order valence-electron chi connectivity index (χ1n) is 8.27. The molecule has 0 N–H and O–H groups in total. The first-order chi connectivity index (χ1) is 12.0. The predicted octanol–water partition coefficient (Wildman–Crippen LogP) is 4.88. The zero-order valence-electron chi connectivity index (χ0n) is 14.4. The molecule has 3 aromatic carbocycles. The molecule has 0 atom stereocenters. The standard InChI is InChI=1S/C21H21NO2S/c1-3-22(20-11-7-8-17(2)16-20)25(23,24)21-14-12-19(13-15-21)18-9-5-4-6-10-18/h4-16H,3H2,1-2H3. The Kier molecular flexibility index (Phi) is 4.91. The molecule has 0 amide bonds. The van der Waals surface area contributed by atoms with Crippen LogP contribution in [-0.2, 0) is 10.0 Å². The lowest BCUT2D eigenvalue weighted by atomic mass is 10.1. The van der Waals surface area contributed by atoms with E-state index in [1.54, 1.807) is 12.1 Å². The van der Waals surface area contributed by atoms with Crippen molar-refractivity contribution in [1.82, 2.24) is 0 Å². The lowest BCUT2D eigenvalue weighted by Crippen LogP contribution is -2.30. The minimum absolute atomic E-state index is 0.301. The number of sulfonamides is 1. The smallest absolute Gasteiger partial charge is 0.264 e. The summed E-state index contributed by atoms with van der Waals surface area (Å²) in [5.74, 6) is 0. The lowest BCUT2D eigenvalue weighted by Gasteiger charge is -2.23. The second-order valence-electron chi connectivity index (χ2n) is 5.90. The molecule has 128 valence electrons. The topological polar surface area (TPSA) is 37.4 Å². The molecule has 0 saturated heterocycles. The fourth-order valence-electron chi connectivity index (χ4n) is 2.85. The van der Waals surface area contributed by atoms with Crippen LogP contribution in [0.3, 0.4) is 0 Å². The van der Waals surface area contributed by atoms with E-state index in [2.05, 4.69) is 0 Å². The summed E-state index contributed by atoms with van der Waals surface area (Å²) in [5.41, 5.74) is 3.79. The van der Waals surface area contributed by atoms with E-state index in [0.29, 0.717) is 17.1 Å². The second-order valence-corrected chi connectivity index (χ2v) is 7.76. The second kappa shape index (κ2) is 7.11. The van der Waals surface area contributed by atoms with E-state index in [0.717, 1.165) is 16.7 Å². The predicted molar refractivity (Wildman–Crippen MR) is 103 cm³/mol. The number of hydrogen-bond donors (Lipinski definition) is 0. The summed E-state index contributed by atoms with van der Waals surface area (Å²) in [6.45, 7) is 4.18. The molecular formula is C21H21NO2S. The number of aryl methyl sites for hydroxylation is 1. The van der Waals surface area contributed by atoms with Gasteiger partial charge < -0.3 is 0 Å². The van der Waals surface area contributed by atoms with Gasteiger partial charge in [0.05, 0.1) is 10.6 Å². The third-order valence-corrected chi connectivity index (χ3v) is 6.04. The molecule has 0 spiro atoms. The van der Waals surface area contributed by atoms with Crippen molar-refractivity contribution in [2.75, 3.05) is 10.8 Å². The van der Waals surface area contributed by atoms with Gasteiger partial charge in [-0.05, 0) is 54.8 Å². The molecule has 0 heterocycles. The van der Waals surface area contributed by atoms with Gasteiger partial charge in [-0.3, -0.25) is 4.31 Å². The van der Waals surface area contributed by atoms with E-state index < -0.39 is 10.0 Å². The van der Waals surface area contributed by atoms with Gasteiger partial charge in [-0.1, -0.05) is 54.6 Å². The quantitative estimate of drug-likeness (QED) is 0.657. The van der Waals surface area contributed by atoms with Crippen molar-refractivity contribution in [1.29, 1.82) is 0 Å².